The summed E-state index contributed by atoms with van der Waals surface area (Å²) < 4.78 is 0. The molecule has 0 amide bonds. The van der Waals surface area contributed by atoms with Gasteiger partial charge >= 0.3 is 0 Å². The second-order valence-corrected chi connectivity index (χ2v) is 3.87. The van der Waals surface area contributed by atoms with E-state index in [1.807, 2.05) is 31.6 Å². The Morgan fingerprint density at radius 2 is 2.12 bits per heavy atom. The highest BCUT2D eigenvalue weighted by Crippen LogP contribution is 2.10. The largest absolute Gasteiger partial charge is 0.378 e. The molecule has 0 unspecified atom stereocenters. The monoisotopic (exact) mass is 213 g/mol. The Labute approximate surface area is 95.6 Å². The molecule has 0 aliphatic heterocycles. The molecule has 0 radical (unpaired) electrons. The first-order chi connectivity index (χ1) is 7.75. The van der Waals surface area contributed by atoms with Crippen molar-refractivity contribution in [3.05, 3.63) is 53.6 Å². The van der Waals surface area contributed by atoms with Crippen LogP contribution in [0.5, 0.6) is 0 Å². The molecule has 0 saturated heterocycles. The fourth-order valence-corrected chi connectivity index (χ4v) is 1.54. The number of rotatable bonds is 3. The minimum Gasteiger partial charge on any atom is -0.378 e. The smallest absolute Gasteiger partial charge is 0.0623 e. The summed E-state index contributed by atoms with van der Waals surface area (Å²) in [5, 5.41) is 3.32. The van der Waals surface area contributed by atoms with Gasteiger partial charge in [0.25, 0.3) is 0 Å². The zero-order chi connectivity index (χ0) is 11.4. The molecule has 2 heterocycles. The second-order valence-electron chi connectivity index (χ2n) is 3.87. The maximum Gasteiger partial charge on any atom is 0.0623 e. The molecular formula is C13H15N3. The molecule has 0 fully saturated rings. The van der Waals surface area contributed by atoms with Crippen LogP contribution in [0.1, 0.15) is 16.8 Å². The van der Waals surface area contributed by atoms with E-state index in [1.54, 1.807) is 0 Å². The predicted octanol–water partition coefficient (Wildman–Crippen LogP) is 2.71. The minimum atomic E-state index is 0.734. The topological polar surface area (TPSA) is 37.8 Å². The Morgan fingerprint density at radius 3 is 2.88 bits per heavy atom. The fourth-order valence-electron chi connectivity index (χ4n) is 1.54. The number of aromatic nitrogens is 2. The summed E-state index contributed by atoms with van der Waals surface area (Å²) in [4.78, 5) is 8.47. The van der Waals surface area contributed by atoms with Gasteiger partial charge in [0.05, 0.1) is 17.9 Å². The van der Waals surface area contributed by atoms with Gasteiger partial charge in [0.1, 0.15) is 0 Å². The van der Waals surface area contributed by atoms with Gasteiger partial charge in [-0.3, -0.25) is 9.97 Å². The molecule has 0 aliphatic carbocycles. The fraction of sp³-hybridized carbons (Fsp3) is 0.231. The summed E-state index contributed by atoms with van der Waals surface area (Å²) in [6, 6.07) is 6.09. The van der Waals surface area contributed by atoms with Crippen molar-refractivity contribution in [2.45, 2.75) is 20.4 Å². The molecule has 0 bridgehead atoms. The Hall–Kier alpha value is -1.90. The quantitative estimate of drug-likeness (QED) is 0.851. The third-order valence-corrected chi connectivity index (χ3v) is 2.45. The predicted molar refractivity (Wildman–Crippen MR) is 65.3 cm³/mol. The highest BCUT2D eigenvalue weighted by molar-refractivity contribution is 5.43. The van der Waals surface area contributed by atoms with E-state index in [9.17, 15) is 0 Å². The zero-order valence-corrected chi connectivity index (χ0v) is 9.57. The van der Waals surface area contributed by atoms with Crippen LogP contribution in [0, 0.1) is 13.8 Å². The van der Waals surface area contributed by atoms with E-state index >= 15 is 0 Å². The van der Waals surface area contributed by atoms with Gasteiger partial charge in [-0.25, -0.2) is 0 Å². The lowest BCUT2D eigenvalue weighted by Crippen LogP contribution is -2.03. The summed E-state index contributed by atoms with van der Waals surface area (Å²) >= 11 is 0. The van der Waals surface area contributed by atoms with Crippen LogP contribution < -0.4 is 5.32 Å². The van der Waals surface area contributed by atoms with Crippen LogP contribution in [0.2, 0.25) is 0 Å². The van der Waals surface area contributed by atoms with Crippen LogP contribution in [0.15, 0.2) is 36.8 Å². The van der Waals surface area contributed by atoms with E-state index in [-0.39, 0.29) is 0 Å². The van der Waals surface area contributed by atoms with Gasteiger partial charge < -0.3 is 5.32 Å². The number of anilines is 1. The Bertz CT molecular complexity index is 480. The number of pyridine rings is 2. The van der Waals surface area contributed by atoms with Gasteiger partial charge in [-0.2, -0.15) is 0 Å². The van der Waals surface area contributed by atoms with Crippen LogP contribution in [0.3, 0.4) is 0 Å². The van der Waals surface area contributed by atoms with Crippen LogP contribution in [0.25, 0.3) is 0 Å². The lowest BCUT2D eigenvalue weighted by molar-refractivity contribution is 1.01. The standard InChI is InChI=1S/C13H15N3/c1-10-6-12(8-14-7-10)16-9-13-11(2)4-3-5-15-13/h3-8,16H,9H2,1-2H3. The van der Waals surface area contributed by atoms with E-state index in [0.29, 0.717) is 0 Å². The first-order valence-electron chi connectivity index (χ1n) is 5.32. The molecule has 0 aromatic carbocycles. The number of nitrogens with one attached hydrogen (secondary N) is 1. The van der Waals surface area contributed by atoms with Gasteiger partial charge in [0.15, 0.2) is 0 Å². The Morgan fingerprint density at radius 1 is 1.25 bits per heavy atom. The molecule has 2 rings (SSSR count). The lowest BCUT2D eigenvalue weighted by atomic mass is 10.2. The van der Waals surface area contributed by atoms with Crippen molar-refractivity contribution >= 4 is 5.69 Å². The second kappa shape index (κ2) is 4.75. The zero-order valence-electron chi connectivity index (χ0n) is 9.57. The van der Waals surface area contributed by atoms with E-state index in [4.69, 9.17) is 0 Å². The summed E-state index contributed by atoms with van der Waals surface area (Å²) in [5.74, 6) is 0. The number of hydrogen-bond acceptors (Lipinski definition) is 3. The molecular weight excluding hydrogens is 198 g/mol. The van der Waals surface area contributed by atoms with Crippen molar-refractivity contribution in [1.29, 1.82) is 0 Å². The van der Waals surface area contributed by atoms with Crippen molar-refractivity contribution < 1.29 is 0 Å². The van der Waals surface area contributed by atoms with Crippen LogP contribution in [-0.2, 0) is 6.54 Å². The highest BCUT2D eigenvalue weighted by Gasteiger charge is 1.98. The number of aryl methyl sites for hydroxylation is 2. The van der Waals surface area contributed by atoms with E-state index in [2.05, 4.69) is 34.3 Å². The van der Waals surface area contributed by atoms with Gasteiger partial charge in [0, 0.05) is 18.6 Å². The molecule has 0 aliphatic rings. The SMILES string of the molecule is Cc1cncc(NCc2ncccc2C)c1. The maximum atomic E-state index is 4.33. The summed E-state index contributed by atoms with van der Waals surface area (Å²) in [5.41, 5.74) is 4.47. The third-order valence-electron chi connectivity index (χ3n) is 2.45. The first-order valence-corrected chi connectivity index (χ1v) is 5.32. The van der Waals surface area contributed by atoms with Gasteiger partial charge in [-0.1, -0.05) is 6.07 Å². The Kier molecular flexibility index (Phi) is 3.15. The van der Waals surface area contributed by atoms with Gasteiger partial charge in [0.2, 0.25) is 0 Å². The van der Waals surface area contributed by atoms with Crippen LogP contribution in [-0.4, -0.2) is 9.97 Å². The van der Waals surface area contributed by atoms with Crippen LogP contribution >= 0.6 is 0 Å². The first kappa shape index (κ1) is 10.6. The molecule has 82 valence electrons. The molecule has 2 aromatic heterocycles. The molecule has 1 N–H and O–H groups in total. The highest BCUT2D eigenvalue weighted by atomic mass is 14.9. The van der Waals surface area contributed by atoms with Gasteiger partial charge in [-0.05, 0) is 37.1 Å². The van der Waals surface area contributed by atoms with Crippen molar-refractivity contribution in [2.75, 3.05) is 5.32 Å². The number of hydrogen-bond donors (Lipinski definition) is 1. The molecule has 3 nitrogen and oxygen atoms in total. The molecule has 0 saturated carbocycles. The average molecular weight is 213 g/mol. The molecule has 2 aromatic rings. The van der Waals surface area contributed by atoms with Crippen molar-refractivity contribution in [3.63, 3.8) is 0 Å². The molecule has 3 heteroatoms. The summed E-state index contributed by atoms with van der Waals surface area (Å²) in [6.45, 7) is 4.83. The number of nitrogens with zero attached hydrogens (tertiary/aromatic N) is 2. The van der Waals surface area contributed by atoms with Gasteiger partial charge in [-0.15, -0.1) is 0 Å². The third kappa shape index (κ3) is 2.57. The molecule has 16 heavy (non-hydrogen) atoms. The lowest BCUT2D eigenvalue weighted by Gasteiger charge is -2.07. The molecule has 0 spiro atoms. The van der Waals surface area contributed by atoms with Crippen molar-refractivity contribution in [2.24, 2.45) is 0 Å². The average Bonchev–Trinajstić information content (AvgIpc) is 2.28. The summed E-state index contributed by atoms with van der Waals surface area (Å²) in [7, 11) is 0. The summed E-state index contributed by atoms with van der Waals surface area (Å²) in [6.07, 6.45) is 5.49. The van der Waals surface area contributed by atoms with E-state index in [1.165, 1.54) is 5.56 Å². The minimum absolute atomic E-state index is 0.734. The normalized spacial score (nSPS) is 10.1. The van der Waals surface area contributed by atoms with Crippen molar-refractivity contribution in [1.82, 2.24) is 9.97 Å². The van der Waals surface area contributed by atoms with E-state index < -0.39 is 0 Å². The molecule has 0 atom stereocenters. The maximum absolute atomic E-state index is 4.33. The Balaban J connectivity index is 2.05. The van der Waals surface area contributed by atoms with E-state index in [0.717, 1.165) is 23.5 Å². The van der Waals surface area contributed by atoms with Crippen LogP contribution in [0.4, 0.5) is 5.69 Å². The van der Waals surface area contributed by atoms with Crippen molar-refractivity contribution in [3.8, 4) is 0 Å².